The van der Waals surface area contributed by atoms with Gasteiger partial charge >= 0.3 is 0 Å². The Kier molecular flexibility index (Phi) is 6.83. The minimum absolute atomic E-state index is 0.0964. The molecule has 210 valence electrons. The van der Waals surface area contributed by atoms with Crippen molar-refractivity contribution in [2.24, 2.45) is 0 Å². The lowest BCUT2D eigenvalue weighted by molar-refractivity contribution is 0.0839. The number of hydrogen-bond donors (Lipinski definition) is 2. The maximum Gasteiger partial charge on any atom is 0.203 e. The fourth-order valence-electron chi connectivity index (χ4n) is 5.92. The average Bonchev–Trinajstić information content (AvgIpc) is 3.00. The SMILES string of the molecule is COc1cc(O)c(C2CC(c3ccccc3)Oc3c(OC)c(O)cc(OC)c32)c2c1C(=O)CC(c1ccccc1)O2. The molecule has 4 aromatic carbocycles. The first-order valence-corrected chi connectivity index (χ1v) is 13.3. The van der Waals surface area contributed by atoms with Crippen molar-refractivity contribution in [1.29, 1.82) is 0 Å². The predicted molar refractivity (Wildman–Crippen MR) is 151 cm³/mol. The molecule has 2 aliphatic rings. The highest BCUT2D eigenvalue weighted by Crippen LogP contribution is 2.59. The minimum Gasteiger partial charge on any atom is -0.507 e. The van der Waals surface area contributed by atoms with Gasteiger partial charge in [-0.1, -0.05) is 60.7 Å². The molecular weight excluding hydrogens is 524 g/mol. The number of carbonyl (C=O) groups excluding carboxylic acids is 1. The number of aromatic hydroxyl groups is 2. The van der Waals surface area contributed by atoms with E-state index in [1.165, 1.54) is 33.5 Å². The topological polar surface area (TPSA) is 104 Å². The standard InChI is InChI=1S/C33H30O8/c1-37-26-17-23(36)31(39-3)33-29(26)20(14-24(41-33)18-10-6-4-7-11-18)28-21(34)16-27(38-2)30-22(35)15-25(40-32(28)30)19-12-8-5-9-13-19/h4-13,16-17,20,24-25,34,36H,14-15H2,1-3H3. The third kappa shape index (κ3) is 4.45. The largest absolute Gasteiger partial charge is 0.507 e. The van der Waals surface area contributed by atoms with Gasteiger partial charge < -0.3 is 33.9 Å². The quantitative estimate of drug-likeness (QED) is 0.279. The smallest absolute Gasteiger partial charge is 0.203 e. The van der Waals surface area contributed by atoms with E-state index in [1.807, 2.05) is 60.7 Å². The lowest BCUT2D eigenvalue weighted by atomic mass is 9.79. The van der Waals surface area contributed by atoms with Crippen LogP contribution in [0.25, 0.3) is 0 Å². The second kappa shape index (κ2) is 10.6. The van der Waals surface area contributed by atoms with Crippen LogP contribution >= 0.6 is 0 Å². The zero-order chi connectivity index (χ0) is 28.7. The van der Waals surface area contributed by atoms with Gasteiger partial charge in [0.1, 0.15) is 40.8 Å². The van der Waals surface area contributed by atoms with Crippen molar-refractivity contribution in [3.63, 3.8) is 0 Å². The Morgan fingerprint density at radius 3 is 1.90 bits per heavy atom. The molecule has 4 aromatic rings. The van der Waals surface area contributed by atoms with Crippen molar-refractivity contribution in [3.8, 4) is 40.2 Å². The van der Waals surface area contributed by atoms with Gasteiger partial charge in [-0.2, -0.15) is 0 Å². The van der Waals surface area contributed by atoms with Gasteiger partial charge in [-0.05, 0) is 11.1 Å². The molecule has 2 aliphatic heterocycles. The van der Waals surface area contributed by atoms with Crippen LogP contribution in [0, 0.1) is 0 Å². The number of ketones is 1. The summed E-state index contributed by atoms with van der Waals surface area (Å²) >= 11 is 0. The number of methoxy groups -OCH3 is 3. The number of fused-ring (bicyclic) bond motifs is 2. The number of benzene rings is 4. The molecule has 0 spiro atoms. The van der Waals surface area contributed by atoms with E-state index < -0.39 is 18.1 Å². The normalized spacial score (nSPS) is 19.3. The zero-order valence-electron chi connectivity index (χ0n) is 22.9. The highest BCUT2D eigenvalue weighted by atomic mass is 16.5. The Labute approximate surface area is 237 Å². The van der Waals surface area contributed by atoms with Gasteiger partial charge in [0.25, 0.3) is 0 Å². The molecule has 0 aliphatic carbocycles. The van der Waals surface area contributed by atoms with Crippen molar-refractivity contribution in [2.75, 3.05) is 21.3 Å². The summed E-state index contributed by atoms with van der Waals surface area (Å²) in [5, 5.41) is 22.3. The van der Waals surface area contributed by atoms with E-state index in [2.05, 4.69) is 0 Å². The fraction of sp³-hybridized carbons (Fsp3) is 0.242. The summed E-state index contributed by atoms with van der Waals surface area (Å²) in [6, 6.07) is 22.1. The van der Waals surface area contributed by atoms with E-state index in [0.29, 0.717) is 29.0 Å². The zero-order valence-corrected chi connectivity index (χ0v) is 22.9. The van der Waals surface area contributed by atoms with Crippen LogP contribution in [0.5, 0.6) is 40.2 Å². The molecule has 8 heteroatoms. The molecule has 2 N–H and O–H groups in total. The van der Waals surface area contributed by atoms with Gasteiger partial charge in [0.05, 0.1) is 27.8 Å². The molecule has 3 unspecified atom stereocenters. The highest BCUT2D eigenvalue weighted by molar-refractivity contribution is 6.03. The van der Waals surface area contributed by atoms with Crippen LogP contribution in [0.4, 0.5) is 0 Å². The van der Waals surface area contributed by atoms with Crippen molar-refractivity contribution >= 4 is 5.78 Å². The number of carbonyl (C=O) groups is 1. The number of Topliss-reactive ketones (excluding diaryl/α,β-unsaturated/α-hetero) is 1. The van der Waals surface area contributed by atoms with Crippen LogP contribution in [0.1, 0.15) is 63.6 Å². The van der Waals surface area contributed by atoms with E-state index >= 15 is 0 Å². The molecule has 0 aromatic heterocycles. The second-order valence-corrected chi connectivity index (χ2v) is 10.0. The van der Waals surface area contributed by atoms with E-state index in [4.69, 9.17) is 23.7 Å². The molecule has 3 atom stereocenters. The second-order valence-electron chi connectivity index (χ2n) is 10.0. The molecule has 6 rings (SSSR count). The summed E-state index contributed by atoms with van der Waals surface area (Å²) in [4.78, 5) is 13.7. The van der Waals surface area contributed by atoms with E-state index in [9.17, 15) is 15.0 Å². The van der Waals surface area contributed by atoms with Gasteiger partial charge in [-0.15, -0.1) is 0 Å². The van der Waals surface area contributed by atoms with E-state index in [0.717, 1.165) is 11.1 Å². The predicted octanol–water partition coefficient (Wildman–Crippen LogP) is 6.49. The van der Waals surface area contributed by atoms with Crippen LogP contribution in [-0.2, 0) is 0 Å². The molecule has 0 saturated heterocycles. The van der Waals surface area contributed by atoms with Gasteiger partial charge in [0, 0.05) is 35.6 Å². The maximum atomic E-state index is 13.7. The van der Waals surface area contributed by atoms with Crippen LogP contribution < -0.4 is 23.7 Å². The molecule has 0 amide bonds. The van der Waals surface area contributed by atoms with Gasteiger partial charge in [-0.25, -0.2) is 0 Å². The Morgan fingerprint density at radius 2 is 1.29 bits per heavy atom. The number of ether oxygens (including phenoxy) is 5. The van der Waals surface area contributed by atoms with Crippen molar-refractivity contribution in [3.05, 3.63) is 101 Å². The van der Waals surface area contributed by atoms with Crippen LogP contribution in [0.2, 0.25) is 0 Å². The third-order valence-electron chi connectivity index (χ3n) is 7.78. The molecule has 0 saturated carbocycles. The Bertz CT molecular complexity index is 1600. The Balaban J connectivity index is 1.61. The number of hydrogen-bond acceptors (Lipinski definition) is 8. The number of phenolic OH excluding ortho intramolecular Hbond substituents is 2. The Hall–Kier alpha value is -4.85. The van der Waals surface area contributed by atoms with Crippen LogP contribution in [-0.4, -0.2) is 37.3 Å². The van der Waals surface area contributed by atoms with Gasteiger partial charge in [-0.3, -0.25) is 4.79 Å². The summed E-state index contributed by atoms with van der Waals surface area (Å²) in [5.74, 6) is 0.308. The van der Waals surface area contributed by atoms with Crippen LogP contribution in [0.3, 0.4) is 0 Å². The van der Waals surface area contributed by atoms with Gasteiger partial charge in [0.15, 0.2) is 17.3 Å². The maximum absolute atomic E-state index is 13.7. The molecule has 0 radical (unpaired) electrons. The molecule has 0 bridgehead atoms. The first-order chi connectivity index (χ1) is 19.9. The summed E-state index contributed by atoms with van der Waals surface area (Å²) in [6.07, 6.45) is -0.529. The van der Waals surface area contributed by atoms with E-state index in [-0.39, 0.29) is 46.5 Å². The molecule has 41 heavy (non-hydrogen) atoms. The first kappa shape index (κ1) is 26.4. The molecule has 2 heterocycles. The first-order valence-electron chi connectivity index (χ1n) is 13.3. The van der Waals surface area contributed by atoms with Crippen LogP contribution in [0.15, 0.2) is 72.8 Å². The van der Waals surface area contributed by atoms with Crippen molar-refractivity contribution in [1.82, 2.24) is 0 Å². The average molecular weight is 555 g/mol. The Morgan fingerprint density at radius 1 is 0.707 bits per heavy atom. The lowest BCUT2D eigenvalue weighted by Gasteiger charge is -2.37. The minimum atomic E-state index is -0.574. The number of phenols is 2. The van der Waals surface area contributed by atoms with E-state index in [1.54, 1.807) is 0 Å². The summed E-state index contributed by atoms with van der Waals surface area (Å²) in [5.41, 5.74) is 3.00. The fourth-order valence-corrected chi connectivity index (χ4v) is 5.92. The monoisotopic (exact) mass is 554 g/mol. The summed E-state index contributed by atoms with van der Waals surface area (Å²) < 4.78 is 29.9. The number of rotatable bonds is 6. The lowest BCUT2D eigenvalue weighted by Crippen LogP contribution is -2.25. The molecular formula is C33H30O8. The van der Waals surface area contributed by atoms with Crippen molar-refractivity contribution < 1.29 is 38.7 Å². The van der Waals surface area contributed by atoms with Crippen molar-refractivity contribution in [2.45, 2.75) is 31.0 Å². The molecule has 0 fully saturated rings. The third-order valence-corrected chi connectivity index (χ3v) is 7.78. The summed E-state index contributed by atoms with van der Waals surface area (Å²) in [6.45, 7) is 0. The highest BCUT2D eigenvalue weighted by Gasteiger charge is 2.42. The summed E-state index contributed by atoms with van der Waals surface area (Å²) in [7, 11) is 4.40. The van der Waals surface area contributed by atoms with Gasteiger partial charge in [0.2, 0.25) is 5.75 Å². The molecule has 8 nitrogen and oxygen atoms in total.